The highest BCUT2D eigenvalue weighted by molar-refractivity contribution is 6.32. The summed E-state index contributed by atoms with van der Waals surface area (Å²) in [6.45, 7) is 3.00. The van der Waals surface area contributed by atoms with Crippen LogP contribution in [0.15, 0.2) is 78.9 Å². The Morgan fingerprint density at radius 2 is 1.69 bits per heavy atom. The molecule has 5 nitrogen and oxygen atoms in total. The molecule has 0 spiro atoms. The molecule has 1 aromatic heterocycles. The van der Waals surface area contributed by atoms with E-state index >= 15 is 0 Å². The van der Waals surface area contributed by atoms with Crippen molar-refractivity contribution in [3.05, 3.63) is 106 Å². The van der Waals surface area contributed by atoms with Gasteiger partial charge in [-0.1, -0.05) is 53.5 Å². The van der Waals surface area contributed by atoms with Gasteiger partial charge in [-0.3, -0.25) is 4.79 Å². The van der Waals surface area contributed by atoms with Gasteiger partial charge in [0.1, 0.15) is 5.75 Å². The number of amides is 1. The number of para-hydroxylation sites is 2. The molecule has 1 amide bonds. The highest BCUT2D eigenvalue weighted by atomic mass is 35.5. The standard InChI is InChI=1S/C28H25Cl2N3O2/c1-19-24(18-32(17-20-11-12-20)27(34)21-13-15-22(29)16-14-21)28(35-26-10-6-5-9-25(26)30)33(31-19)23-7-3-2-4-8-23/h2-10,13-16,20H,11-12,17-18H2,1H3. The number of rotatable bonds is 8. The van der Waals surface area contributed by atoms with Gasteiger partial charge in [0.2, 0.25) is 5.88 Å². The van der Waals surface area contributed by atoms with Crippen LogP contribution in [0.5, 0.6) is 11.6 Å². The Morgan fingerprint density at radius 1 is 1.00 bits per heavy atom. The van der Waals surface area contributed by atoms with Gasteiger partial charge < -0.3 is 9.64 Å². The van der Waals surface area contributed by atoms with Crippen molar-refractivity contribution in [2.45, 2.75) is 26.3 Å². The first kappa shape index (κ1) is 23.5. The van der Waals surface area contributed by atoms with Crippen molar-refractivity contribution >= 4 is 29.1 Å². The van der Waals surface area contributed by atoms with Gasteiger partial charge in [-0.05, 0) is 74.2 Å². The first-order chi connectivity index (χ1) is 17.0. The summed E-state index contributed by atoms with van der Waals surface area (Å²) < 4.78 is 8.16. The first-order valence-corrected chi connectivity index (χ1v) is 12.4. The Hall–Kier alpha value is -3.28. The van der Waals surface area contributed by atoms with Crippen LogP contribution in [0.2, 0.25) is 10.0 Å². The Bertz CT molecular complexity index is 1330. The van der Waals surface area contributed by atoms with Crippen molar-refractivity contribution in [1.82, 2.24) is 14.7 Å². The van der Waals surface area contributed by atoms with E-state index < -0.39 is 0 Å². The van der Waals surface area contributed by atoms with Gasteiger partial charge in [-0.15, -0.1) is 0 Å². The van der Waals surface area contributed by atoms with E-state index in [1.807, 2.05) is 60.4 Å². The summed E-state index contributed by atoms with van der Waals surface area (Å²) in [7, 11) is 0. The van der Waals surface area contributed by atoms with Crippen LogP contribution in [0.1, 0.15) is 34.5 Å². The highest BCUT2D eigenvalue weighted by Crippen LogP contribution is 2.36. The maximum atomic E-state index is 13.5. The van der Waals surface area contributed by atoms with E-state index in [1.165, 1.54) is 0 Å². The summed E-state index contributed by atoms with van der Waals surface area (Å²) in [5.74, 6) is 1.56. The highest BCUT2D eigenvalue weighted by Gasteiger charge is 2.30. The largest absolute Gasteiger partial charge is 0.437 e. The third-order valence-electron chi connectivity index (χ3n) is 6.08. The number of carbonyl (C=O) groups excluding carboxylic acids is 1. The summed E-state index contributed by atoms with van der Waals surface area (Å²) >= 11 is 12.5. The van der Waals surface area contributed by atoms with Crippen molar-refractivity contribution < 1.29 is 9.53 Å². The number of hydrogen-bond acceptors (Lipinski definition) is 3. The molecule has 0 bridgehead atoms. The normalized spacial score (nSPS) is 13.0. The number of hydrogen-bond donors (Lipinski definition) is 0. The Balaban J connectivity index is 1.55. The Labute approximate surface area is 214 Å². The zero-order valence-corrected chi connectivity index (χ0v) is 20.8. The van der Waals surface area contributed by atoms with Gasteiger partial charge >= 0.3 is 0 Å². The second-order valence-electron chi connectivity index (χ2n) is 8.78. The van der Waals surface area contributed by atoms with Gasteiger partial charge in [0.25, 0.3) is 5.91 Å². The van der Waals surface area contributed by atoms with Crippen LogP contribution in [0.4, 0.5) is 0 Å². The van der Waals surface area contributed by atoms with Gasteiger partial charge in [0.05, 0.1) is 28.5 Å². The molecule has 1 aliphatic rings. The van der Waals surface area contributed by atoms with Crippen molar-refractivity contribution in [2.24, 2.45) is 5.92 Å². The van der Waals surface area contributed by atoms with Crippen LogP contribution in [0.25, 0.3) is 5.69 Å². The SMILES string of the molecule is Cc1nn(-c2ccccc2)c(Oc2ccccc2Cl)c1CN(CC1CC1)C(=O)c1ccc(Cl)cc1. The van der Waals surface area contributed by atoms with E-state index in [2.05, 4.69) is 0 Å². The topological polar surface area (TPSA) is 47.4 Å². The fourth-order valence-electron chi connectivity index (χ4n) is 4.00. The molecular weight excluding hydrogens is 481 g/mol. The van der Waals surface area contributed by atoms with E-state index in [0.29, 0.717) is 46.2 Å². The molecule has 7 heteroatoms. The number of nitrogens with zero attached hydrogens (tertiary/aromatic N) is 3. The number of benzene rings is 3. The summed E-state index contributed by atoms with van der Waals surface area (Å²) in [6.07, 6.45) is 2.27. The van der Waals surface area contributed by atoms with Crippen molar-refractivity contribution in [3.8, 4) is 17.3 Å². The van der Waals surface area contributed by atoms with Crippen LogP contribution in [0, 0.1) is 12.8 Å². The number of aromatic nitrogens is 2. The van der Waals surface area contributed by atoms with Crippen molar-refractivity contribution in [3.63, 3.8) is 0 Å². The molecular formula is C28H25Cl2N3O2. The number of carbonyl (C=O) groups is 1. The minimum Gasteiger partial charge on any atom is -0.437 e. The zero-order chi connectivity index (χ0) is 24.4. The lowest BCUT2D eigenvalue weighted by Gasteiger charge is -2.23. The van der Waals surface area contributed by atoms with E-state index in [9.17, 15) is 4.79 Å². The fraction of sp³-hybridized carbons (Fsp3) is 0.214. The number of ether oxygens (including phenoxy) is 1. The molecule has 0 aliphatic heterocycles. The molecule has 0 atom stereocenters. The molecule has 0 N–H and O–H groups in total. The van der Waals surface area contributed by atoms with Crippen molar-refractivity contribution in [2.75, 3.05) is 6.54 Å². The summed E-state index contributed by atoms with van der Waals surface area (Å²) in [4.78, 5) is 15.4. The van der Waals surface area contributed by atoms with E-state index in [0.717, 1.165) is 29.8 Å². The summed E-state index contributed by atoms with van der Waals surface area (Å²) in [5, 5.41) is 5.90. The fourth-order valence-corrected chi connectivity index (χ4v) is 4.30. The van der Waals surface area contributed by atoms with Crippen LogP contribution in [0.3, 0.4) is 0 Å². The molecule has 3 aromatic carbocycles. The summed E-state index contributed by atoms with van der Waals surface area (Å²) in [5.41, 5.74) is 3.11. The molecule has 1 fully saturated rings. The van der Waals surface area contributed by atoms with Gasteiger partial charge in [-0.2, -0.15) is 5.10 Å². The molecule has 178 valence electrons. The third kappa shape index (κ3) is 5.37. The minimum atomic E-state index is -0.0379. The number of halogens is 2. The predicted octanol–water partition coefficient (Wildman–Crippen LogP) is 7.33. The second-order valence-corrected chi connectivity index (χ2v) is 9.63. The molecule has 4 aromatic rings. The van der Waals surface area contributed by atoms with Crippen LogP contribution in [-0.2, 0) is 6.54 Å². The van der Waals surface area contributed by atoms with Gasteiger partial charge in [0.15, 0.2) is 0 Å². The first-order valence-electron chi connectivity index (χ1n) is 11.6. The lowest BCUT2D eigenvalue weighted by Crippen LogP contribution is -2.32. The maximum Gasteiger partial charge on any atom is 0.254 e. The zero-order valence-electron chi connectivity index (χ0n) is 19.3. The molecule has 0 unspecified atom stereocenters. The van der Waals surface area contributed by atoms with Gasteiger partial charge in [-0.25, -0.2) is 4.68 Å². The monoisotopic (exact) mass is 505 g/mol. The number of aryl methyl sites for hydroxylation is 1. The molecule has 1 saturated carbocycles. The minimum absolute atomic E-state index is 0.0379. The Kier molecular flexibility index (Phi) is 6.80. The molecule has 0 saturated heterocycles. The third-order valence-corrected chi connectivity index (χ3v) is 6.65. The van der Waals surface area contributed by atoms with E-state index in [1.54, 1.807) is 35.0 Å². The molecule has 0 radical (unpaired) electrons. The predicted molar refractivity (Wildman–Crippen MR) is 139 cm³/mol. The molecule has 1 heterocycles. The molecule has 1 aliphatic carbocycles. The average Bonchev–Trinajstić information content (AvgIpc) is 3.64. The van der Waals surface area contributed by atoms with Crippen molar-refractivity contribution in [1.29, 1.82) is 0 Å². The van der Waals surface area contributed by atoms with E-state index in [-0.39, 0.29) is 5.91 Å². The molecule has 5 rings (SSSR count). The lowest BCUT2D eigenvalue weighted by atomic mass is 10.1. The smallest absolute Gasteiger partial charge is 0.254 e. The second kappa shape index (κ2) is 10.1. The molecule has 35 heavy (non-hydrogen) atoms. The van der Waals surface area contributed by atoms with Crippen LogP contribution >= 0.6 is 23.2 Å². The van der Waals surface area contributed by atoms with Crippen LogP contribution < -0.4 is 4.74 Å². The Morgan fingerprint density at radius 3 is 2.37 bits per heavy atom. The quantitative estimate of drug-likeness (QED) is 0.251. The lowest BCUT2D eigenvalue weighted by molar-refractivity contribution is 0.0733. The van der Waals surface area contributed by atoms with Gasteiger partial charge in [0, 0.05) is 17.1 Å². The average molecular weight is 506 g/mol. The van der Waals surface area contributed by atoms with Crippen LogP contribution in [-0.4, -0.2) is 27.1 Å². The van der Waals surface area contributed by atoms with E-state index in [4.69, 9.17) is 33.0 Å². The maximum absolute atomic E-state index is 13.5. The summed E-state index contributed by atoms with van der Waals surface area (Å²) in [6, 6.07) is 24.2.